The van der Waals surface area contributed by atoms with Crippen LogP contribution in [0.2, 0.25) is 0 Å². The molecule has 0 bridgehead atoms. The van der Waals surface area contributed by atoms with Crippen LogP contribution >= 0.6 is 0 Å². The zero-order valence-corrected chi connectivity index (χ0v) is 13.0. The quantitative estimate of drug-likeness (QED) is 0.778. The summed E-state index contributed by atoms with van der Waals surface area (Å²) in [6, 6.07) is 8.06. The van der Waals surface area contributed by atoms with Crippen LogP contribution in [0.15, 0.2) is 36.7 Å². The standard InChI is InChI=1S/C18H20N4O/c23-18(9-13-10-19-16-6-2-1-5-15(13)16)20-11-14-12-21-22-8-4-3-7-17(14)22/h1-2,5-6,10,12,19H,3-4,7-9,11H2,(H,20,23). The average Bonchev–Trinajstić information content (AvgIpc) is 3.18. The molecule has 5 nitrogen and oxygen atoms in total. The highest BCUT2D eigenvalue weighted by molar-refractivity contribution is 5.88. The fourth-order valence-electron chi connectivity index (χ4n) is 3.34. The molecule has 0 aliphatic carbocycles. The van der Waals surface area contributed by atoms with Gasteiger partial charge in [0.25, 0.3) is 0 Å². The molecule has 23 heavy (non-hydrogen) atoms. The van der Waals surface area contributed by atoms with Crippen LogP contribution < -0.4 is 5.32 Å². The van der Waals surface area contributed by atoms with Crippen LogP contribution in [-0.4, -0.2) is 20.7 Å². The van der Waals surface area contributed by atoms with E-state index in [1.807, 2.05) is 36.7 Å². The first-order chi connectivity index (χ1) is 11.3. The number of carbonyl (C=O) groups is 1. The van der Waals surface area contributed by atoms with E-state index in [0.717, 1.165) is 35.0 Å². The molecule has 4 rings (SSSR count). The second kappa shape index (κ2) is 5.91. The van der Waals surface area contributed by atoms with E-state index in [9.17, 15) is 4.79 Å². The highest BCUT2D eigenvalue weighted by Gasteiger charge is 2.15. The fourth-order valence-corrected chi connectivity index (χ4v) is 3.34. The van der Waals surface area contributed by atoms with Gasteiger partial charge in [0, 0.05) is 41.4 Å². The van der Waals surface area contributed by atoms with Crippen LogP contribution in [-0.2, 0) is 30.7 Å². The van der Waals surface area contributed by atoms with Crippen molar-refractivity contribution in [3.05, 3.63) is 53.5 Å². The number of fused-ring (bicyclic) bond motifs is 2. The van der Waals surface area contributed by atoms with Gasteiger partial charge in [0.2, 0.25) is 5.91 Å². The number of H-pyrrole nitrogens is 1. The molecule has 1 amide bonds. The first-order valence-electron chi connectivity index (χ1n) is 8.16. The molecule has 0 atom stereocenters. The third-order valence-corrected chi connectivity index (χ3v) is 4.57. The number of nitrogens with one attached hydrogen (secondary N) is 2. The van der Waals surface area contributed by atoms with Crippen LogP contribution in [0.4, 0.5) is 0 Å². The molecule has 5 heteroatoms. The normalized spacial score (nSPS) is 13.9. The van der Waals surface area contributed by atoms with Crippen molar-refractivity contribution in [3.63, 3.8) is 0 Å². The maximum Gasteiger partial charge on any atom is 0.224 e. The summed E-state index contributed by atoms with van der Waals surface area (Å²) in [5, 5.41) is 8.56. The third kappa shape index (κ3) is 2.74. The van der Waals surface area contributed by atoms with Gasteiger partial charge in [-0.3, -0.25) is 9.48 Å². The van der Waals surface area contributed by atoms with Crippen molar-refractivity contribution in [2.24, 2.45) is 0 Å². The number of aromatic amines is 1. The second-order valence-corrected chi connectivity index (χ2v) is 6.11. The first kappa shape index (κ1) is 14.1. The minimum Gasteiger partial charge on any atom is -0.361 e. The number of carbonyl (C=O) groups excluding carboxylic acids is 1. The Morgan fingerprint density at radius 3 is 3.13 bits per heavy atom. The molecule has 0 fully saturated rings. The second-order valence-electron chi connectivity index (χ2n) is 6.11. The van der Waals surface area contributed by atoms with E-state index in [2.05, 4.69) is 20.1 Å². The molecule has 3 aromatic rings. The number of aryl methyl sites for hydroxylation is 1. The van der Waals surface area contributed by atoms with Crippen LogP contribution in [0.25, 0.3) is 10.9 Å². The molecular weight excluding hydrogens is 288 g/mol. The van der Waals surface area contributed by atoms with Gasteiger partial charge in [0.1, 0.15) is 0 Å². The van der Waals surface area contributed by atoms with Gasteiger partial charge in [0.15, 0.2) is 0 Å². The lowest BCUT2D eigenvalue weighted by Crippen LogP contribution is -2.25. The molecule has 0 saturated carbocycles. The van der Waals surface area contributed by atoms with Crippen molar-refractivity contribution in [3.8, 4) is 0 Å². The molecule has 0 radical (unpaired) electrons. The fraction of sp³-hybridized carbons (Fsp3) is 0.333. The van der Waals surface area contributed by atoms with Crippen LogP contribution in [0.1, 0.15) is 29.7 Å². The summed E-state index contributed by atoms with van der Waals surface area (Å²) < 4.78 is 2.07. The molecule has 2 aromatic heterocycles. The van der Waals surface area contributed by atoms with Gasteiger partial charge in [-0.1, -0.05) is 18.2 Å². The van der Waals surface area contributed by atoms with Gasteiger partial charge in [-0.2, -0.15) is 5.10 Å². The van der Waals surface area contributed by atoms with Gasteiger partial charge in [-0.25, -0.2) is 0 Å². The summed E-state index contributed by atoms with van der Waals surface area (Å²) in [5.41, 5.74) is 4.54. The number of aromatic nitrogens is 3. The number of hydrogen-bond acceptors (Lipinski definition) is 2. The summed E-state index contributed by atoms with van der Waals surface area (Å²) in [6.07, 6.45) is 7.68. The molecule has 1 aliphatic heterocycles. The number of benzene rings is 1. The molecule has 0 unspecified atom stereocenters. The minimum absolute atomic E-state index is 0.0468. The Labute approximate surface area is 134 Å². The van der Waals surface area contributed by atoms with Crippen molar-refractivity contribution in [2.45, 2.75) is 38.8 Å². The zero-order valence-electron chi connectivity index (χ0n) is 13.0. The summed E-state index contributed by atoms with van der Waals surface area (Å²) in [7, 11) is 0. The predicted molar refractivity (Wildman–Crippen MR) is 89.0 cm³/mol. The first-order valence-corrected chi connectivity index (χ1v) is 8.16. The Bertz CT molecular complexity index is 846. The van der Waals surface area contributed by atoms with E-state index in [1.165, 1.54) is 18.5 Å². The number of rotatable bonds is 4. The van der Waals surface area contributed by atoms with Crippen molar-refractivity contribution < 1.29 is 4.79 Å². The summed E-state index contributed by atoms with van der Waals surface area (Å²) >= 11 is 0. The number of para-hydroxylation sites is 1. The highest BCUT2D eigenvalue weighted by atomic mass is 16.1. The van der Waals surface area contributed by atoms with Crippen molar-refractivity contribution >= 4 is 16.8 Å². The van der Waals surface area contributed by atoms with E-state index >= 15 is 0 Å². The average molecular weight is 308 g/mol. The van der Waals surface area contributed by atoms with Crippen LogP contribution in [0.3, 0.4) is 0 Å². The number of nitrogens with zero attached hydrogens (tertiary/aromatic N) is 2. The third-order valence-electron chi connectivity index (χ3n) is 4.57. The highest BCUT2D eigenvalue weighted by Crippen LogP contribution is 2.19. The van der Waals surface area contributed by atoms with Crippen molar-refractivity contribution in [1.82, 2.24) is 20.1 Å². The molecule has 0 spiro atoms. The Morgan fingerprint density at radius 2 is 2.17 bits per heavy atom. The summed E-state index contributed by atoms with van der Waals surface area (Å²) in [4.78, 5) is 15.5. The molecule has 118 valence electrons. The minimum atomic E-state index is 0.0468. The van der Waals surface area contributed by atoms with Gasteiger partial charge in [-0.05, 0) is 30.9 Å². The number of amides is 1. The van der Waals surface area contributed by atoms with Crippen molar-refractivity contribution in [1.29, 1.82) is 0 Å². The monoisotopic (exact) mass is 308 g/mol. The largest absolute Gasteiger partial charge is 0.361 e. The molecule has 2 N–H and O–H groups in total. The van der Waals surface area contributed by atoms with Gasteiger partial charge in [-0.15, -0.1) is 0 Å². The van der Waals surface area contributed by atoms with Gasteiger partial charge >= 0.3 is 0 Å². The van der Waals surface area contributed by atoms with E-state index < -0.39 is 0 Å². The Morgan fingerprint density at radius 1 is 1.26 bits per heavy atom. The van der Waals surface area contributed by atoms with Crippen LogP contribution in [0, 0.1) is 0 Å². The lowest BCUT2D eigenvalue weighted by molar-refractivity contribution is -0.120. The topological polar surface area (TPSA) is 62.7 Å². The zero-order chi connectivity index (χ0) is 15.6. The smallest absolute Gasteiger partial charge is 0.224 e. The number of hydrogen-bond donors (Lipinski definition) is 2. The molecule has 0 saturated heterocycles. The van der Waals surface area contributed by atoms with E-state index in [4.69, 9.17) is 0 Å². The Kier molecular flexibility index (Phi) is 3.61. The maximum absolute atomic E-state index is 12.3. The summed E-state index contributed by atoms with van der Waals surface area (Å²) in [5.74, 6) is 0.0468. The van der Waals surface area contributed by atoms with E-state index in [0.29, 0.717) is 13.0 Å². The Balaban J connectivity index is 1.42. The molecular formula is C18H20N4O. The van der Waals surface area contributed by atoms with E-state index in [1.54, 1.807) is 0 Å². The lowest BCUT2D eigenvalue weighted by Gasteiger charge is -2.14. The lowest BCUT2D eigenvalue weighted by atomic mass is 10.1. The predicted octanol–water partition coefficient (Wildman–Crippen LogP) is 2.56. The summed E-state index contributed by atoms with van der Waals surface area (Å²) in [6.45, 7) is 1.56. The van der Waals surface area contributed by atoms with Gasteiger partial charge in [0.05, 0.1) is 12.6 Å². The maximum atomic E-state index is 12.3. The van der Waals surface area contributed by atoms with Crippen LogP contribution in [0.5, 0.6) is 0 Å². The van der Waals surface area contributed by atoms with Gasteiger partial charge < -0.3 is 10.3 Å². The molecule has 1 aromatic carbocycles. The molecule has 3 heterocycles. The molecule has 1 aliphatic rings. The van der Waals surface area contributed by atoms with E-state index in [-0.39, 0.29) is 5.91 Å². The van der Waals surface area contributed by atoms with Crippen molar-refractivity contribution in [2.75, 3.05) is 0 Å². The Hall–Kier alpha value is -2.56. The SMILES string of the molecule is O=C(Cc1c[nH]c2ccccc12)NCc1cnn2c1CCCC2.